The highest BCUT2D eigenvalue weighted by Crippen LogP contribution is 2.39. The number of morpholine rings is 1. The molecule has 4 rings (SSSR count). The lowest BCUT2D eigenvalue weighted by atomic mass is 10.0. The molecule has 3 aliphatic rings. The first-order valence-corrected chi connectivity index (χ1v) is 10.0. The average molecular weight is 359 g/mol. The van der Waals surface area contributed by atoms with Crippen LogP contribution in [0, 0.1) is 0 Å². The van der Waals surface area contributed by atoms with Crippen LogP contribution in [-0.2, 0) is 9.53 Å². The molecule has 3 fully saturated rings. The second-order valence-corrected chi connectivity index (χ2v) is 8.05. The molecule has 142 valence electrons. The molecule has 2 aliphatic heterocycles. The van der Waals surface area contributed by atoms with Gasteiger partial charge in [0, 0.05) is 31.6 Å². The number of ether oxygens (including phenoxy) is 1. The van der Waals surface area contributed by atoms with Gasteiger partial charge in [-0.25, -0.2) is 0 Å². The Kier molecular flexibility index (Phi) is 4.78. The molecule has 1 aliphatic carbocycles. The molecule has 6 nitrogen and oxygen atoms in total. The second-order valence-electron chi connectivity index (χ2n) is 8.05. The minimum atomic E-state index is -0.408. The van der Waals surface area contributed by atoms with Crippen LogP contribution in [-0.4, -0.2) is 52.6 Å². The molecule has 0 spiro atoms. The van der Waals surface area contributed by atoms with Crippen LogP contribution in [0.4, 0.5) is 0 Å². The van der Waals surface area contributed by atoms with Crippen molar-refractivity contribution < 1.29 is 14.3 Å². The van der Waals surface area contributed by atoms with Crippen LogP contribution >= 0.6 is 0 Å². The molecule has 2 atom stereocenters. The number of likely N-dealkylation sites (tertiary alicyclic amines) is 1. The van der Waals surface area contributed by atoms with Crippen molar-refractivity contribution in [2.75, 3.05) is 19.7 Å². The van der Waals surface area contributed by atoms with E-state index in [1.165, 1.54) is 12.8 Å². The van der Waals surface area contributed by atoms with Crippen LogP contribution in [0.3, 0.4) is 0 Å². The number of nitrogens with zero attached hydrogens (tertiary/aromatic N) is 2. The number of carbonyl (C=O) groups is 2. The molecular formula is C20H29N3O3. The fourth-order valence-electron chi connectivity index (χ4n) is 4.78. The summed E-state index contributed by atoms with van der Waals surface area (Å²) in [7, 11) is 0. The van der Waals surface area contributed by atoms with Gasteiger partial charge in [0.2, 0.25) is 5.91 Å². The van der Waals surface area contributed by atoms with E-state index in [-0.39, 0.29) is 17.9 Å². The summed E-state index contributed by atoms with van der Waals surface area (Å²) >= 11 is 0. The Balaban J connectivity index is 1.44. The third kappa shape index (κ3) is 3.15. The largest absolute Gasteiger partial charge is 0.369 e. The van der Waals surface area contributed by atoms with E-state index in [4.69, 9.17) is 4.74 Å². The molecule has 0 aromatic carbocycles. The monoisotopic (exact) mass is 359 g/mol. The Labute approximate surface area is 154 Å². The van der Waals surface area contributed by atoms with Crippen LogP contribution < -0.4 is 5.32 Å². The van der Waals surface area contributed by atoms with Gasteiger partial charge < -0.3 is 19.5 Å². The lowest BCUT2D eigenvalue weighted by Crippen LogP contribution is -2.50. The quantitative estimate of drug-likeness (QED) is 0.849. The summed E-state index contributed by atoms with van der Waals surface area (Å²) in [6, 6.07) is 4.51. The molecule has 26 heavy (non-hydrogen) atoms. The van der Waals surface area contributed by atoms with Crippen LogP contribution in [0.1, 0.15) is 68.4 Å². The van der Waals surface area contributed by atoms with Crippen LogP contribution in [0.5, 0.6) is 0 Å². The van der Waals surface area contributed by atoms with Gasteiger partial charge in [0.05, 0.1) is 19.2 Å². The van der Waals surface area contributed by atoms with Gasteiger partial charge in [-0.15, -0.1) is 0 Å². The van der Waals surface area contributed by atoms with Crippen molar-refractivity contribution in [2.45, 2.75) is 69.6 Å². The Morgan fingerprint density at radius 3 is 2.88 bits per heavy atom. The number of nitrogens with one attached hydrogen (secondary N) is 1. The van der Waals surface area contributed by atoms with E-state index in [1.807, 2.05) is 24.0 Å². The van der Waals surface area contributed by atoms with E-state index in [9.17, 15) is 9.59 Å². The topological polar surface area (TPSA) is 63.6 Å². The Morgan fingerprint density at radius 2 is 2.12 bits per heavy atom. The zero-order valence-electron chi connectivity index (χ0n) is 15.6. The van der Waals surface area contributed by atoms with Crippen molar-refractivity contribution in [3.8, 4) is 0 Å². The van der Waals surface area contributed by atoms with E-state index in [0.717, 1.165) is 31.4 Å². The summed E-state index contributed by atoms with van der Waals surface area (Å²) in [6.07, 6.45) is 9.06. The first-order chi connectivity index (χ1) is 12.6. The lowest BCUT2D eigenvalue weighted by molar-refractivity contribution is -0.122. The van der Waals surface area contributed by atoms with Crippen molar-refractivity contribution in [1.82, 2.24) is 14.8 Å². The summed E-state index contributed by atoms with van der Waals surface area (Å²) in [4.78, 5) is 27.0. The zero-order chi connectivity index (χ0) is 18.1. The molecule has 1 N–H and O–H groups in total. The maximum absolute atomic E-state index is 13.2. The van der Waals surface area contributed by atoms with E-state index in [1.54, 1.807) is 0 Å². The lowest BCUT2D eigenvalue weighted by Gasteiger charge is -2.33. The molecule has 2 unspecified atom stereocenters. The summed E-state index contributed by atoms with van der Waals surface area (Å²) in [5.74, 6) is 0.172. The maximum Gasteiger partial charge on any atom is 0.270 e. The number of hydrogen-bond donors (Lipinski definition) is 1. The number of carbonyl (C=O) groups excluding carboxylic acids is 2. The van der Waals surface area contributed by atoms with Gasteiger partial charge in [-0.2, -0.15) is 0 Å². The molecule has 2 bridgehead atoms. The number of aromatic nitrogens is 1. The highest BCUT2D eigenvalue weighted by molar-refractivity contribution is 5.93. The van der Waals surface area contributed by atoms with Crippen LogP contribution in [0.15, 0.2) is 18.3 Å². The van der Waals surface area contributed by atoms with Gasteiger partial charge in [0.1, 0.15) is 11.3 Å². The molecule has 1 aromatic heterocycles. The molecule has 0 radical (unpaired) electrons. The number of hydrogen-bond acceptors (Lipinski definition) is 3. The van der Waals surface area contributed by atoms with Gasteiger partial charge in [-0.1, -0.05) is 19.8 Å². The Bertz CT molecular complexity index is 680. The zero-order valence-corrected chi connectivity index (χ0v) is 15.6. The number of rotatable bonds is 6. The van der Waals surface area contributed by atoms with Crippen molar-refractivity contribution in [3.63, 3.8) is 0 Å². The van der Waals surface area contributed by atoms with Crippen molar-refractivity contribution >= 4 is 11.8 Å². The molecule has 1 aromatic rings. The fraction of sp³-hybridized carbons (Fsp3) is 0.700. The third-order valence-corrected chi connectivity index (χ3v) is 6.15. The standard InChI is InChI=1S/C20H29N3O3/c1-2-6-18(24)21-13-20-11-16(12-26-20)23(14-20)19(25)17-9-5-10-22(17)15-7-3-4-8-15/h5,9-10,15-16H,2-4,6-8,11-14H2,1H3,(H,21,24). The SMILES string of the molecule is CCCC(=O)NCC12CC(CO1)N(C(=O)c1cccn1C1CCCC1)C2. The van der Waals surface area contributed by atoms with Gasteiger partial charge >= 0.3 is 0 Å². The van der Waals surface area contributed by atoms with Gasteiger partial charge in [0.15, 0.2) is 0 Å². The smallest absolute Gasteiger partial charge is 0.270 e. The number of fused-ring (bicyclic) bond motifs is 2. The summed E-state index contributed by atoms with van der Waals surface area (Å²) in [6.45, 7) is 3.63. The first kappa shape index (κ1) is 17.6. The fourth-order valence-corrected chi connectivity index (χ4v) is 4.78. The minimum absolute atomic E-state index is 0.0637. The highest BCUT2D eigenvalue weighted by Gasteiger charge is 2.53. The summed E-state index contributed by atoms with van der Waals surface area (Å²) < 4.78 is 8.16. The van der Waals surface area contributed by atoms with E-state index in [0.29, 0.717) is 32.2 Å². The predicted octanol–water partition coefficient (Wildman–Crippen LogP) is 2.50. The van der Waals surface area contributed by atoms with Gasteiger partial charge in [0.25, 0.3) is 5.91 Å². The van der Waals surface area contributed by atoms with Crippen LogP contribution in [0.25, 0.3) is 0 Å². The maximum atomic E-state index is 13.2. The van der Waals surface area contributed by atoms with E-state index < -0.39 is 5.60 Å². The molecule has 2 amide bonds. The Hall–Kier alpha value is -1.82. The third-order valence-electron chi connectivity index (χ3n) is 6.15. The molecule has 1 saturated carbocycles. The molecule has 3 heterocycles. The molecule has 2 saturated heterocycles. The van der Waals surface area contributed by atoms with Crippen molar-refractivity contribution in [2.24, 2.45) is 0 Å². The van der Waals surface area contributed by atoms with Crippen molar-refractivity contribution in [3.05, 3.63) is 24.0 Å². The van der Waals surface area contributed by atoms with Crippen molar-refractivity contribution in [1.29, 1.82) is 0 Å². The van der Waals surface area contributed by atoms with E-state index in [2.05, 4.69) is 16.1 Å². The predicted molar refractivity (Wildman–Crippen MR) is 98.0 cm³/mol. The minimum Gasteiger partial charge on any atom is -0.369 e. The van der Waals surface area contributed by atoms with Gasteiger partial charge in [-0.05, 0) is 31.4 Å². The first-order valence-electron chi connectivity index (χ1n) is 10.0. The Morgan fingerprint density at radius 1 is 1.31 bits per heavy atom. The highest BCUT2D eigenvalue weighted by atomic mass is 16.5. The molecular weight excluding hydrogens is 330 g/mol. The second kappa shape index (κ2) is 7.06. The summed E-state index contributed by atoms with van der Waals surface area (Å²) in [5, 5.41) is 2.99. The van der Waals surface area contributed by atoms with Crippen LogP contribution in [0.2, 0.25) is 0 Å². The van der Waals surface area contributed by atoms with E-state index >= 15 is 0 Å². The number of amides is 2. The average Bonchev–Trinajstić information content (AvgIpc) is 3.43. The summed E-state index contributed by atoms with van der Waals surface area (Å²) in [5.41, 5.74) is 0.392. The normalized spacial score (nSPS) is 28.0. The molecule has 6 heteroatoms. The van der Waals surface area contributed by atoms with Gasteiger partial charge in [-0.3, -0.25) is 9.59 Å².